The van der Waals surface area contributed by atoms with E-state index in [0.717, 1.165) is 66.7 Å². The first-order valence-electron chi connectivity index (χ1n) is 10.1. The van der Waals surface area contributed by atoms with E-state index in [1.165, 1.54) is 0 Å². The van der Waals surface area contributed by atoms with E-state index in [-0.39, 0.29) is 24.0 Å². The molecule has 3 aromatic rings. The number of nitrogens with one attached hydrogen (secondary N) is 3. The zero-order valence-electron chi connectivity index (χ0n) is 17.4. The number of ether oxygens (including phenoxy) is 1. The van der Waals surface area contributed by atoms with Gasteiger partial charge >= 0.3 is 0 Å². The highest BCUT2D eigenvalue weighted by Crippen LogP contribution is 2.30. The fraction of sp³-hybridized carbons (Fsp3) is 0.364. The lowest BCUT2D eigenvalue weighted by Gasteiger charge is -2.22. The molecule has 8 heteroatoms. The second kappa shape index (κ2) is 10.5. The van der Waals surface area contributed by atoms with Crippen molar-refractivity contribution in [2.45, 2.75) is 18.9 Å². The fourth-order valence-electron chi connectivity index (χ4n) is 3.80. The molecule has 0 amide bonds. The monoisotopic (exact) mass is 520 g/mol. The highest BCUT2D eigenvalue weighted by atomic mass is 127. The minimum absolute atomic E-state index is 0. The standard InChI is InChI=1S/C22H28N6O.HI/c1-23-22(24-13-11-21-26-17-7-3-4-8-18(17)27-21)25-16-12-14-28(15-16)19-9-5-6-10-20(19)29-2;/h3-10,16H,11-15H2,1-2H3,(H,26,27)(H2,23,24,25);1H. The van der Waals surface area contributed by atoms with Crippen LogP contribution in [-0.2, 0) is 6.42 Å². The Hall–Kier alpha value is -2.49. The van der Waals surface area contributed by atoms with Crippen LogP contribution in [0.25, 0.3) is 11.0 Å². The summed E-state index contributed by atoms with van der Waals surface area (Å²) < 4.78 is 5.51. The number of aromatic amines is 1. The molecule has 0 spiro atoms. The largest absolute Gasteiger partial charge is 0.495 e. The molecule has 160 valence electrons. The number of para-hydroxylation sites is 4. The third-order valence-electron chi connectivity index (χ3n) is 5.27. The van der Waals surface area contributed by atoms with Crippen LogP contribution in [0, 0.1) is 0 Å². The lowest BCUT2D eigenvalue weighted by atomic mass is 10.2. The quantitative estimate of drug-likeness (QED) is 0.265. The molecule has 1 unspecified atom stereocenters. The van der Waals surface area contributed by atoms with E-state index < -0.39 is 0 Å². The first kappa shape index (κ1) is 22.2. The second-order valence-electron chi connectivity index (χ2n) is 7.20. The Kier molecular flexibility index (Phi) is 7.78. The van der Waals surface area contributed by atoms with Crippen LogP contribution >= 0.6 is 24.0 Å². The Labute approximate surface area is 194 Å². The number of aromatic nitrogens is 2. The SMILES string of the molecule is CN=C(NCCc1nc2ccccc2[nH]1)NC1CCN(c2ccccc2OC)C1.I. The summed E-state index contributed by atoms with van der Waals surface area (Å²) in [5, 5.41) is 6.94. The van der Waals surface area contributed by atoms with Crippen molar-refractivity contribution in [1.29, 1.82) is 0 Å². The lowest BCUT2D eigenvalue weighted by Crippen LogP contribution is -2.45. The van der Waals surface area contributed by atoms with Crippen molar-refractivity contribution < 1.29 is 4.74 Å². The minimum atomic E-state index is 0. The summed E-state index contributed by atoms with van der Waals surface area (Å²) in [5.41, 5.74) is 3.23. The average molecular weight is 520 g/mol. The van der Waals surface area contributed by atoms with Crippen LogP contribution < -0.4 is 20.3 Å². The molecule has 1 aliphatic rings. The van der Waals surface area contributed by atoms with Gasteiger partial charge in [-0.2, -0.15) is 0 Å². The van der Waals surface area contributed by atoms with E-state index in [9.17, 15) is 0 Å². The molecule has 1 saturated heterocycles. The minimum Gasteiger partial charge on any atom is -0.495 e. The number of imidazole rings is 1. The summed E-state index contributed by atoms with van der Waals surface area (Å²) in [4.78, 5) is 14.7. The van der Waals surface area contributed by atoms with E-state index >= 15 is 0 Å². The number of hydrogen-bond donors (Lipinski definition) is 3. The smallest absolute Gasteiger partial charge is 0.191 e. The van der Waals surface area contributed by atoms with Gasteiger partial charge in [-0.25, -0.2) is 4.98 Å². The number of methoxy groups -OCH3 is 1. The number of nitrogens with zero attached hydrogens (tertiary/aromatic N) is 3. The summed E-state index contributed by atoms with van der Waals surface area (Å²) in [6.45, 7) is 2.68. The highest BCUT2D eigenvalue weighted by molar-refractivity contribution is 14.0. The fourth-order valence-corrected chi connectivity index (χ4v) is 3.80. The third-order valence-corrected chi connectivity index (χ3v) is 5.27. The summed E-state index contributed by atoms with van der Waals surface area (Å²) in [6, 6.07) is 16.6. The maximum atomic E-state index is 5.51. The molecule has 0 radical (unpaired) electrons. The molecular formula is C22H29IN6O. The van der Waals surface area contributed by atoms with Gasteiger partial charge in [-0.1, -0.05) is 24.3 Å². The molecule has 1 atom stereocenters. The number of halogens is 1. The first-order valence-corrected chi connectivity index (χ1v) is 10.1. The van der Waals surface area contributed by atoms with Gasteiger partial charge in [0.05, 0.1) is 23.8 Å². The van der Waals surface area contributed by atoms with Crippen LogP contribution in [0.15, 0.2) is 53.5 Å². The van der Waals surface area contributed by atoms with Crippen molar-refractivity contribution in [1.82, 2.24) is 20.6 Å². The maximum absolute atomic E-state index is 5.51. The van der Waals surface area contributed by atoms with E-state index in [1.807, 2.05) is 43.4 Å². The van der Waals surface area contributed by atoms with Crippen LogP contribution in [-0.4, -0.2) is 55.8 Å². The predicted octanol–water partition coefficient (Wildman–Crippen LogP) is 3.18. The summed E-state index contributed by atoms with van der Waals surface area (Å²) in [5.74, 6) is 2.73. The van der Waals surface area contributed by atoms with Crippen LogP contribution in [0.2, 0.25) is 0 Å². The van der Waals surface area contributed by atoms with E-state index in [4.69, 9.17) is 4.74 Å². The number of rotatable bonds is 6. The second-order valence-corrected chi connectivity index (χ2v) is 7.20. The average Bonchev–Trinajstić information content (AvgIpc) is 3.39. The zero-order valence-corrected chi connectivity index (χ0v) is 19.7. The van der Waals surface area contributed by atoms with Crippen molar-refractivity contribution >= 4 is 46.7 Å². The number of aliphatic imine (C=N–C) groups is 1. The van der Waals surface area contributed by atoms with Gasteiger partial charge in [0.25, 0.3) is 0 Å². The van der Waals surface area contributed by atoms with Gasteiger partial charge in [-0.15, -0.1) is 24.0 Å². The molecule has 0 saturated carbocycles. The molecule has 0 bridgehead atoms. The van der Waals surface area contributed by atoms with Gasteiger partial charge in [0.15, 0.2) is 5.96 Å². The normalized spacial score (nSPS) is 16.4. The molecule has 4 rings (SSSR count). The maximum Gasteiger partial charge on any atom is 0.191 e. The number of benzene rings is 2. The predicted molar refractivity (Wildman–Crippen MR) is 133 cm³/mol. The van der Waals surface area contributed by atoms with Gasteiger partial charge in [0.2, 0.25) is 0 Å². The number of anilines is 1. The molecule has 7 nitrogen and oxygen atoms in total. The molecule has 1 aromatic heterocycles. The third kappa shape index (κ3) is 5.16. The van der Waals surface area contributed by atoms with Crippen molar-refractivity contribution in [2.24, 2.45) is 4.99 Å². The summed E-state index contributed by atoms with van der Waals surface area (Å²) >= 11 is 0. The van der Waals surface area contributed by atoms with Crippen LogP contribution in [0.4, 0.5) is 5.69 Å². The van der Waals surface area contributed by atoms with Crippen molar-refractivity contribution in [3.63, 3.8) is 0 Å². The van der Waals surface area contributed by atoms with Gasteiger partial charge in [0, 0.05) is 39.1 Å². The van der Waals surface area contributed by atoms with Gasteiger partial charge < -0.3 is 25.3 Å². The van der Waals surface area contributed by atoms with Gasteiger partial charge in [-0.05, 0) is 30.7 Å². The number of H-pyrrole nitrogens is 1. The summed E-state index contributed by atoms with van der Waals surface area (Å²) in [6.07, 6.45) is 1.87. The Balaban J connectivity index is 0.00000256. The van der Waals surface area contributed by atoms with E-state index in [2.05, 4.69) is 42.6 Å². The Morgan fingerprint density at radius 3 is 2.83 bits per heavy atom. The van der Waals surface area contributed by atoms with Crippen molar-refractivity contribution in [3.05, 3.63) is 54.4 Å². The van der Waals surface area contributed by atoms with Crippen LogP contribution in [0.3, 0.4) is 0 Å². The lowest BCUT2D eigenvalue weighted by molar-refractivity contribution is 0.415. The molecule has 1 aliphatic heterocycles. The molecule has 0 aliphatic carbocycles. The molecule has 3 N–H and O–H groups in total. The van der Waals surface area contributed by atoms with E-state index in [1.54, 1.807) is 7.11 Å². The number of hydrogen-bond acceptors (Lipinski definition) is 4. The summed E-state index contributed by atoms with van der Waals surface area (Å²) in [7, 11) is 3.53. The van der Waals surface area contributed by atoms with Crippen molar-refractivity contribution in [2.75, 3.05) is 38.7 Å². The Bertz CT molecular complexity index is 955. The highest BCUT2D eigenvalue weighted by Gasteiger charge is 2.25. The Morgan fingerprint density at radius 1 is 1.23 bits per heavy atom. The zero-order chi connectivity index (χ0) is 20.1. The topological polar surface area (TPSA) is 77.6 Å². The number of guanidine groups is 1. The van der Waals surface area contributed by atoms with Crippen LogP contribution in [0.5, 0.6) is 5.75 Å². The molecule has 30 heavy (non-hydrogen) atoms. The number of fused-ring (bicyclic) bond motifs is 1. The molecule has 1 fully saturated rings. The Morgan fingerprint density at radius 2 is 2.03 bits per heavy atom. The first-order chi connectivity index (χ1) is 14.3. The van der Waals surface area contributed by atoms with E-state index in [0.29, 0.717) is 6.04 Å². The van der Waals surface area contributed by atoms with Crippen molar-refractivity contribution in [3.8, 4) is 5.75 Å². The molecule has 2 heterocycles. The van der Waals surface area contributed by atoms with Gasteiger partial charge in [-0.3, -0.25) is 4.99 Å². The molecule has 2 aromatic carbocycles. The van der Waals surface area contributed by atoms with Gasteiger partial charge in [0.1, 0.15) is 11.6 Å². The van der Waals surface area contributed by atoms with Crippen LogP contribution in [0.1, 0.15) is 12.2 Å². The molecular weight excluding hydrogens is 491 g/mol.